The average Bonchev–Trinajstić information content (AvgIpc) is 2.81. The van der Waals surface area contributed by atoms with Crippen LogP contribution in [0.25, 0.3) is 0 Å². The van der Waals surface area contributed by atoms with Crippen LogP contribution in [0.4, 0.5) is 0 Å². The van der Waals surface area contributed by atoms with Gasteiger partial charge in [0, 0.05) is 0 Å². The smallest absolute Gasteiger partial charge is 0.119 e. The molecule has 0 amide bonds. The highest BCUT2D eigenvalue weighted by Gasteiger charge is 2.24. The molecule has 0 saturated heterocycles. The van der Waals surface area contributed by atoms with Crippen molar-refractivity contribution in [3.8, 4) is 5.75 Å². The molecule has 2 saturated carbocycles. The molecule has 2 atom stereocenters. The number of hydrogen-bond donors (Lipinski definition) is 0. The molecule has 0 N–H and O–H groups in total. The fourth-order valence-corrected chi connectivity index (χ4v) is 6.44. The zero-order valence-corrected chi connectivity index (χ0v) is 20.8. The summed E-state index contributed by atoms with van der Waals surface area (Å²) in [7, 11) is 0. The predicted molar refractivity (Wildman–Crippen MR) is 135 cm³/mol. The molecule has 0 aliphatic heterocycles. The molecule has 0 spiro atoms. The van der Waals surface area contributed by atoms with Gasteiger partial charge in [0.1, 0.15) is 5.75 Å². The van der Waals surface area contributed by atoms with Crippen LogP contribution in [0.2, 0.25) is 0 Å². The third kappa shape index (κ3) is 8.47. The Morgan fingerprint density at radius 1 is 0.677 bits per heavy atom. The van der Waals surface area contributed by atoms with Crippen molar-refractivity contribution in [3.05, 3.63) is 29.8 Å². The second-order valence-corrected chi connectivity index (χ2v) is 10.7. The van der Waals surface area contributed by atoms with E-state index in [0.717, 1.165) is 36.0 Å². The lowest BCUT2D eigenvalue weighted by atomic mass is 9.74. The minimum atomic E-state index is 0.780. The number of unbranched alkanes of at least 4 members (excludes halogenated alkanes) is 3. The van der Waals surface area contributed by atoms with Crippen molar-refractivity contribution in [2.45, 2.75) is 129 Å². The van der Waals surface area contributed by atoms with Crippen molar-refractivity contribution >= 4 is 0 Å². The Morgan fingerprint density at radius 3 is 2.00 bits per heavy atom. The lowest BCUT2D eigenvalue weighted by Gasteiger charge is -2.32. The summed E-state index contributed by atoms with van der Waals surface area (Å²) in [5.41, 5.74) is 1.54. The van der Waals surface area contributed by atoms with E-state index < -0.39 is 0 Å². The predicted octanol–water partition coefficient (Wildman–Crippen LogP) is 9.70. The Morgan fingerprint density at radius 2 is 1.35 bits per heavy atom. The molecule has 2 aliphatic carbocycles. The monoisotopic (exact) mass is 426 g/mol. The molecule has 1 aromatic rings. The molecule has 2 fully saturated rings. The van der Waals surface area contributed by atoms with Gasteiger partial charge in [-0.1, -0.05) is 96.6 Å². The standard InChI is InChI=1S/C30H50O/c1-3-5-6-7-12-26-13-8-9-14-27(26)15-10-24-31-30-22-20-29(21-23-30)28-18-16-25(11-4-2)17-19-28/h20-23,25-28H,3-19,24H2,1-2H3. The zero-order valence-electron chi connectivity index (χ0n) is 20.8. The van der Waals surface area contributed by atoms with Crippen LogP contribution >= 0.6 is 0 Å². The highest BCUT2D eigenvalue weighted by atomic mass is 16.5. The third-order valence-electron chi connectivity index (χ3n) is 8.38. The summed E-state index contributed by atoms with van der Waals surface area (Å²) in [6, 6.07) is 9.14. The van der Waals surface area contributed by atoms with Crippen molar-refractivity contribution in [2.75, 3.05) is 6.61 Å². The fraction of sp³-hybridized carbons (Fsp3) is 0.800. The van der Waals surface area contributed by atoms with Crippen LogP contribution < -0.4 is 4.74 Å². The van der Waals surface area contributed by atoms with Crippen LogP contribution in [-0.2, 0) is 0 Å². The molecule has 31 heavy (non-hydrogen) atoms. The number of hydrogen-bond acceptors (Lipinski definition) is 1. The van der Waals surface area contributed by atoms with Gasteiger partial charge in [-0.25, -0.2) is 0 Å². The normalized spacial score (nSPS) is 26.6. The van der Waals surface area contributed by atoms with Crippen molar-refractivity contribution in [3.63, 3.8) is 0 Å². The molecule has 2 unspecified atom stereocenters. The summed E-state index contributed by atoms with van der Waals surface area (Å²) < 4.78 is 6.14. The van der Waals surface area contributed by atoms with Crippen molar-refractivity contribution in [1.29, 1.82) is 0 Å². The van der Waals surface area contributed by atoms with Crippen molar-refractivity contribution < 1.29 is 4.74 Å². The Labute approximate surface area is 193 Å². The van der Waals surface area contributed by atoms with Gasteiger partial charge >= 0.3 is 0 Å². The van der Waals surface area contributed by atoms with E-state index in [-0.39, 0.29) is 0 Å². The first-order valence-electron chi connectivity index (χ1n) is 14.0. The summed E-state index contributed by atoms with van der Waals surface area (Å²) in [5.74, 6) is 4.80. The van der Waals surface area contributed by atoms with Crippen molar-refractivity contribution in [1.82, 2.24) is 0 Å². The number of benzene rings is 1. The summed E-state index contributed by atoms with van der Waals surface area (Å²) in [5, 5.41) is 0. The van der Waals surface area contributed by atoms with Gasteiger partial charge in [0.25, 0.3) is 0 Å². The molecule has 0 radical (unpaired) electrons. The van der Waals surface area contributed by atoms with Crippen LogP contribution in [0.3, 0.4) is 0 Å². The van der Waals surface area contributed by atoms with E-state index in [2.05, 4.69) is 38.1 Å². The van der Waals surface area contributed by atoms with Crippen LogP contribution in [0.1, 0.15) is 134 Å². The molecule has 176 valence electrons. The molecular formula is C30H50O. The molecule has 1 aromatic carbocycles. The van der Waals surface area contributed by atoms with Crippen LogP contribution in [0.15, 0.2) is 24.3 Å². The van der Waals surface area contributed by atoms with E-state index in [1.807, 2.05) is 0 Å². The summed E-state index contributed by atoms with van der Waals surface area (Å²) in [6.45, 7) is 5.53. The SMILES string of the molecule is CCCCCCC1CCCCC1CCCOc1ccc(C2CCC(CCC)CC2)cc1. The van der Waals surface area contributed by atoms with Crippen LogP contribution in [0.5, 0.6) is 5.75 Å². The maximum Gasteiger partial charge on any atom is 0.119 e. The number of rotatable bonds is 13. The molecule has 0 aromatic heterocycles. The van der Waals surface area contributed by atoms with Gasteiger partial charge in [-0.3, -0.25) is 0 Å². The largest absolute Gasteiger partial charge is 0.494 e. The highest BCUT2D eigenvalue weighted by molar-refractivity contribution is 5.29. The van der Waals surface area contributed by atoms with Gasteiger partial charge in [-0.15, -0.1) is 0 Å². The first-order chi connectivity index (χ1) is 15.3. The Bertz CT molecular complexity index is 569. The van der Waals surface area contributed by atoms with Crippen molar-refractivity contribution in [2.24, 2.45) is 17.8 Å². The van der Waals surface area contributed by atoms with Gasteiger partial charge in [0.15, 0.2) is 0 Å². The summed E-state index contributed by atoms with van der Waals surface area (Å²) in [6.07, 6.45) is 24.0. The average molecular weight is 427 g/mol. The van der Waals surface area contributed by atoms with E-state index >= 15 is 0 Å². The van der Waals surface area contributed by atoms with E-state index in [1.54, 1.807) is 0 Å². The van der Waals surface area contributed by atoms with E-state index in [1.165, 1.54) is 115 Å². The topological polar surface area (TPSA) is 9.23 Å². The van der Waals surface area contributed by atoms with E-state index in [0.29, 0.717) is 0 Å². The zero-order chi connectivity index (χ0) is 21.7. The maximum absolute atomic E-state index is 6.14. The Kier molecular flexibility index (Phi) is 11.3. The minimum Gasteiger partial charge on any atom is -0.494 e. The Hall–Kier alpha value is -0.980. The molecule has 0 heterocycles. The lowest BCUT2D eigenvalue weighted by Crippen LogP contribution is -2.20. The third-order valence-corrected chi connectivity index (χ3v) is 8.38. The first kappa shape index (κ1) is 24.7. The van der Waals surface area contributed by atoms with Gasteiger partial charge in [0.2, 0.25) is 0 Å². The maximum atomic E-state index is 6.14. The first-order valence-corrected chi connectivity index (χ1v) is 14.0. The second-order valence-electron chi connectivity index (χ2n) is 10.7. The quantitative estimate of drug-likeness (QED) is 0.285. The molecule has 3 rings (SSSR count). The molecule has 0 bridgehead atoms. The second kappa shape index (κ2) is 14.2. The van der Waals surface area contributed by atoms with E-state index in [9.17, 15) is 0 Å². The highest BCUT2D eigenvalue weighted by Crippen LogP contribution is 2.38. The molecular weight excluding hydrogens is 376 g/mol. The van der Waals surface area contributed by atoms with Crippen LogP contribution in [-0.4, -0.2) is 6.61 Å². The molecule has 2 aliphatic rings. The van der Waals surface area contributed by atoms with E-state index in [4.69, 9.17) is 4.74 Å². The summed E-state index contributed by atoms with van der Waals surface area (Å²) >= 11 is 0. The number of ether oxygens (including phenoxy) is 1. The minimum absolute atomic E-state index is 0.780. The van der Waals surface area contributed by atoms with Gasteiger partial charge in [-0.2, -0.15) is 0 Å². The van der Waals surface area contributed by atoms with Gasteiger partial charge in [0.05, 0.1) is 6.61 Å². The fourth-order valence-electron chi connectivity index (χ4n) is 6.44. The summed E-state index contributed by atoms with van der Waals surface area (Å²) in [4.78, 5) is 0. The molecule has 1 nitrogen and oxygen atoms in total. The Balaban J connectivity index is 1.34. The molecule has 1 heteroatoms. The lowest BCUT2D eigenvalue weighted by molar-refractivity contribution is 0.190. The van der Waals surface area contributed by atoms with Crippen LogP contribution in [0, 0.1) is 17.8 Å². The van der Waals surface area contributed by atoms with Gasteiger partial charge in [-0.05, 0) is 79.9 Å². The van der Waals surface area contributed by atoms with Gasteiger partial charge < -0.3 is 4.74 Å².